The fourth-order valence-corrected chi connectivity index (χ4v) is 3.78. The number of nitrogens with one attached hydrogen (secondary N) is 1. The molecule has 0 bridgehead atoms. The van der Waals surface area contributed by atoms with Crippen LogP contribution in [0.15, 0.2) is 23.4 Å². The number of hydrogen-bond donors (Lipinski definition) is 1. The van der Waals surface area contributed by atoms with E-state index in [4.69, 9.17) is 9.47 Å². The van der Waals surface area contributed by atoms with Crippen molar-refractivity contribution in [2.45, 2.75) is 30.7 Å². The standard InChI is InChI=1S/C18H26N4O2S/c1-14-19-18(21-20-14)25-13-16-12-15(5-6-17(16)23-2)4-3-7-22-8-10-24-11-9-22/h5-6,12H,3-4,7-11,13H2,1-2H3,(H,19,20,21). The zero-order valence-electron chi connectivity index (χ0n) is 15.0. The maximum absolute atomic E-state index is 5.51. The molecule has 25 heavy (non-hydrogen) atoms. The van der Waals surface area contributed by atoms with Gasteiger partial charge in [-0.25, -0.2) is 4.98 Å². The van der Waals surface area contributed by atoms with Crippen molar-refractivity contribution in [3.05, 3.63) is 35.2 Å². The molecule has 0 radical (unpaired) electrons. The highest BCUT2D eigenvalue weighted by Gasteiger charge is 2.11. The molecule has 6 nitrogen and oxygen atoms in total. The summed E-state index contributed by atoms with van der Waals surface area (Å²) >= 11 is 1.62. The van der Waals surface area contributed by atoms with Crippen LogP contribution in [0, 0.1) is 6.92 Å². The topological polar surface area (TPSA) is 63.3 Å². The summed E-state index contributed by atoms with van der Waals surface area (Å²) in [4.78, 5) is 6.83. The molecule has 1 fully saturated rings. The van der Waals surface area contributed by atoms with Gasteiger partial charge in [0.25, 0.3) is 0 Å². The molecule has 1 aliphatic heterocycles. The molecule has 136 valence electrons. The lowest BCUT2D eigenvalue weighted by molar-refractivity contribution is 0.0374. The van der Waals surface area contributed by atoms with Crippen LogP contribution >= 0.6 is 11.8 Å². The van der Waals surface area contributed by atoms with Crippen LogP contribution in [0.3, 0.4) is 0 Å². The van der Waals surface area contributed by atoms with Crippen LogP contribution in [-0.2, 0) is 16.9 Å². The quantitative estimate of drug-likeness (QED) is 0.729. The van der Waals surface area contributed by atoms with E-state index in [1.807, 2.05) is 6.92 Å². The molecule has 0 atom stereocenters. The number of benzene rings is 1. The van der Waals surface area contributed by atoms with E-state index in [1.165, 1.54) is 17.5 Å². The van der Waals surface area contributed by atoms with Crippen molar-refractivity contribution >= 4 is 11.8 Å². The molecule has 0 unspecified atom stereocenters. The molecular formula is C18H26N4O2S. The van der Waals surface area contributed by atoms with Crippen molar-refractivity contribution in [2.24, 2.45) is 0 Å². The zero-order valence-corrected chi connectivity index (χ0v) is 15.8. The highest BCUT2D eigenvalue weighted by molar-refractivity contribution is 7.98. The van der Waals surface area contributed by atoms with E-state index in [9.17, 15) is 0 Å². The van der Waals surface area contributed by atoms with Gasteiger partial charge in [-0.05, 0) is 37.9 Å². The number of thioether (sulfide) groups is 1. The summed E-state index contributed by atoms with van der Waals surface area (Å²) in [6.07, 6.45) is 2.25. The highest BCUT2D eigenvalue weighted by Crippen LogP contribution is 2.27. The predicted octanol–water partition coefficient (Wildman–Crippen LogP) is 2.68. The van der Waals surface area contributed by atoms with Crippen molar-refractivity contribution < 1.29 is 9.47 Å². The summed E-state index contributed by atoms with van der Waals surface area (Å²) in [6.45, 7) is 6.89. The molecule has 0 aliphatic carbocycles. The molecule has 1 aromatic heterocycles. The van der Waals surface area contributed by atoms with Crippen molar-refractivity contribution in [2.75, 3.05) is 40.0 Å². The first kappa shape index (κ1) is 18.2. The number of nitrogens with zero attached hydrogens (tertiary/aromatic N) is 3. The van der Waals surface area contributed by atoms with E-state index in [-0.39, 0.29) is 0 Å². The van der Waals surface area contributed by atoms with Crippen LogP contribution in [-0.4, -0.2) is 60.0 Å². The van der Waals surface area contributed by atoms with Gasteiger partial charge in [-0.2, -0.15) is 0 Å². The summed E-state index contributed by atoms with van der Waals surface area (Å²) < 4.78 is 10.9. The first-order chi connectivity index (χ1) is 12.2. The average Bonchev–Trinajstić information content (AvgIpc) is 3.06. The van der Waals surface area contributed by atoms with Crippen LogP contribution in [0.1, 0.15) is 23.4 Å². The molecule has 2 aromatic rings. The molecule has 3 rings (SSSR count). The van der Waals surface area contributed by atoms with Gasteiger partial charge in [0.2, 0.25) is 5.16 Å². The minimum absolute atomic E-state index is 0.775. The molecule has 2 heterocycles. The first-order valence-electron chi connectivity index (χ1n) is 8.72. The minimum atomic E-state index is 0.775. The predicted molar refractivity (Wildman–Crippen MR) is 99.3 cm³/mol. The number of aromatic amines is 1. The van der Waals surface area contributed by atoms with Crippen molar-refractivity contribution in [3.8, 4) is 5.75 Å². The number of ether oxygens (including phenoxy) is 2. The van der Waals surface area contributed by atoms with Gasteiger partial charge in [0.05, 0.1) is 20.3 Å². The Hall–Kier alpha value is -1.57. The molecule has 7 heteroatoms. The number of methoxy groups -OCH3 is 1. The third-order valence-corrected chi connectivity index (χ3v) is 5.22. The van der Waals surface area contributed by atoms with E-state index < -0.39 is 0 Å². The Kier molecular flexibility index (Phi) is 6.72. The Morgan fingerprint density at radius 3 is 2.88 bits per heavy atom. The second kappa shape index (κ2) is 9.22. The third kappa shape index (κ3) is 5.45. The summed E-state index contributed by atoms with van der Waals surface area (Å²) in [5, 5.41) is 7.83. The molecule has 1 saturated heterocycles. The SMILES string of the molecule is COc1ccc(CCCN2CCOCC2)cc1CSc1n[nH]c(C)n1. The summed E-state index contributed by atoms with van der Waals surface area (Å²) in [6, 6.07) is 6.50. The summed E-state index contributed by atoms with van der Waals surface area (Å²) in [5.41, 5.74) is 2.55. The summed E-state index contributed by atoms with van der Waals surface area (Å²) in [7, 11) is 1.72. The number of H-pyrrole nitrogens is 1. The van der Waals surface area contributed by atoms with Gasteiger partial charge in [0.15, 0.2) is 0 Å². The third-order valence-electron chi connectivity index (χ3n) is 4.32. The van der Waals surface area contributed by atoms with Crippen LogP contribution in [0.5, 0.6) is 5.75 Å². The van der Waals surface area contributed by atoms with Crippen LogP contribution in [0.25, 0.3) is 0 Å². The lowest BCUT2D eigenvalue weighted by atomic mass is 10.1. The lowest BCUT2D eigenvalue weighted by Crippen LogP contribution is -2.36. The number of aromatic nitrogens is 3. The van der Waals surface area contributed by atoms with Crippen molar-refractivity contribution in [1.29, 1.82) is 0 Å². The number of aryl methyl sites for hydroxylation is 2. The molecule has 0 amide bonds. The Morgan fingerprint density at radius 1 is 1.32 bits per heavy atom. The van der Waals surface area contributed by atoms with Gasteiger partial charge < -0.3 is 9.47 Å². The number of morpholine rings is 1. The molecule has 0 saturated carbocycles. The average molecular weight is 362 g/mol. The van der Waals surface area contributed by atoms with Gasteiger partial charge >= 0.3 is 0 Å². The monoisotopic (exact) mass is 362 g/mol. The Labute approximate surface area is 153 Å². The molecule has 0 spiro atoms. The smallest absolute Gasteiger partial charge is 0.208 e. The maximum Gasteiger partial charge on any atom is 0.208 e. The van der Waals surface area contributed by atoms with Crippen LogP contribution in [0.4, 0.5) is 0 Å². The fourth-order valence-electron chi connectivity index (χ4n) is 2.96. The van der Waals surface area contributed by atoms with E-state index >= 15 is 0 Å². The normalized spacial score (nSPS) is 15.4. The van der Waals surface area contributed by atoms with Gasteiger partial charge in [0.1, 0.15) is 11.6 Å². The van der Waals surface area contributed by atoms with E-state index in [0.717, 1.165) is 61.8 Å². The fraction of sp³-hybridized carbons (Fsp3) is 0.556. The van der Waals surface area contributed by atoms with Gasteiger partial charge in [-0.15, -0.1) is 5.10 Å². The van der Waals surface area contributed by atoms with Crippen molar-refractivity contribution in [1.82, 2.24) is 20.1 Å². The molecule has 1 aromatic carbocycles. The highest BCUT2D eigenvalue weighted by atomic mass is 32.2. The largest absolute Gasteiger partial charge is 0.496 e. The molecule has 1 N–H and O–H groups in total. The summed E-state index contributed by atoms with van der Waals surface area (Å²) in [5.74, 6) is 2.57. The Morgan fingerprint density at radius 2 is 2.16 bits per heavy atom. The second-order valence-electron chi connectivity index (χ2n) is 6.20. The number of hydrogen-bond acceptors (Lipinski definition) is 6. The van der Waals surface area contributed by atoms with E-state index in [0.29, 0.717) is 0 Å². The Bertz CT molecular complexity index is 671. The molecule has 1 aliphatic rings. The van der Waals surface area contributed by atoms with Crippen molar-refractivity contribution in [3.63, 3.8) is 0 Å². The first-order valence-corrected chi connectivity index (χ1v) is 9.71. The zero-order chi connectivity index (χ0) is 17.5. The molecular weight excluding hydrogens is 336 g/mol. The lowest BCUT2D eigenvalue weighted by Gasteiger charge is -2.26. The van der Waals surface area contributed by atoms with Gasteiger partial charge in [-0.3, -0.25) is 10.00 Å². The van der Waals surface area contributed by atoms with Crippen LogP contribution in [0.2, 0.25) is 0 Å². The van der Waals surface area contributed by atoms with Gasteiger partial charge in [-0.1, -0.05) is 23.9 Å². The van der Waals surface area contributed by atoms with Crippen LogP contribution < -0.4 is 4.74 Å². The van der Waals surface area contributed by atoms with Gasteiger partial charge in [0, 0.05) is 24.4 Å². The number of rotatable bonds is 8. The second-order valence-corrected chi connectivity index (χ2v) is 7.14. The Balaban J connectivity index is 1.55. The minimum Gasteiger partial charge on any atom is -0.496 e. The van der Waals surface area contributed by atoms with E-state index in [2.05, 4.69) is 38.3 Å². The van der Waals surface area contributed by atoms with E-state index in [1.54, 1.807) is 18.9 Å². The maximum atomic E-state index is 5.51.